The molecule has 1 fully saturated rings. The Morgan fingerprint density at radius 3 is 2.42 bits per heavy atom. The van der Waals surface area contributed by atoms with E-state index < -0.39 is 11.7 Å². The highest BCUT2D eigenvalue weighted by molar-refractivity contribution is 5.93. The normalized spacial score (nSPS) is 16.2. The summed E-state index contributed by atoms with van der Waals surface area (Å²) in [7, 11) is 0. The Kier molecular flexibility index (Phi) is 4.51. The number of amides is 1. The number of nitrogens with zero attached hydrogens (tertiary/aromatic N) is 3. The van der Waals surface area contributed by atoms with Gasteiger partial charge in [0, 0.05) is 13.1 Å². The Morgan fingerprint density at radius 1 is 1.08 bits per heavy atom. The molecule has 1 saturated heterocycles. The number of hydrogen-bond donors (Lipinski definition) is 0. The fourth-order valence-electron chi connectivity index (χ4n) is 3.10. The van der Waals surface area contributed by atoms with Crippen molar-refractivity contribution >= 4 is 5.91 Å². The van der Waals surface area contributed by atoms with Gasteiger partial charge in [0.15, 0.2) is 0 Å². The smallest absolute Gasteiger partial charge is 0.339 e. The van der Waals surface area contributed by atoms with Crippen LogP contribution in [-0.4, -0.2) is 34.1 Å². The zero-order valence-corrected chi connectivity index (χ0v) is 12.8. The summed E-state index contributed by atoms with van der Waals surface area (Å²) >= 11 is 0. The Morgan fingerprint density at radius 2 is 1.79 bits per heavy atom. The summed E-state index contributed by atoms with van der Waals surface area (Å²) in [6.45, 7) is 0.857. The van der Waals surface area contributed by atoms with Crippen molar-refractivity contribution in [2.45, 2.75) is 24.9 Å². The van der Waals surface area contributed by atoms with Crippen LogP contribution in [0.3, 0.4) is 0 Å². The lowest BCUT2D eigenvalue weighted by atomic mass is 9.86. The molecule has 24 heavy (non-hydrogen) atoms. The molecule has 0 radical (unpaired) electrons. The maximum absolute atomic E-state index is 13.2. The van der Waals surface area contributed by atoms with E-state index >= 15 is 0 Å². The summed E-state index contributed by atoms with van der Waals surface area (Å²) in [6.07, 6.45) is -0.492. The van der Waals surface area contributed by atoms with Gasteiger partial charge in [-0.3, -0.25) is 4.79 Å². The fraction of sp³-hybridized carbons (Fsp3) is 0.353. The van der Waals surface area contributed by atoms with E-state index in [1.165, 1.54) is 24.5 Å². The minimum Gasteiger partial charge on any atom is -0.339 e. The molecule has 0 spiro atoms. The molecule has 0 unspecified atom stereocenters. The van der Waals surface area contributed by atoms with Gasteiger partial charge in [0.05, 0.1) is 23.5 Å². The van der Waals surface area contributed by atoms with Gasteiger partial charge in [-0.2, -0.15) is 23.4 Å². The number of carbonyl (C=O) groups is 1. The average molecular weight is 335 g/mol. The van der Waals surface area contributed by atoms with Crippen LogP contribution in [0.2, 0.25) is 0 Å². The number of aromatic nitrogens is 2. The third kappa shape index (κ3) is 3.39. The van der Waals surface area contributed by atoms with Crippen molar-refractivity contribution in [1.82, 2.24) is 15.1 Å². The quantitative estimate of drug-likeness (QED) is 0.844. The molecule has 126 valence electrons. The maximum Gasteiger partial charge on any atom is 0.416 e. The summed E-state index contributed by atoms with van der Waals surface area (Å²) in [5.74, 6) is -0.352. The first-order valence-corrected chi connectivity index (χ1v) is 7.69. The number of alkyl halides is 3. The van der Waals surface area contributed by atoms with Gasteiger partial charge >= 0.3 is 6.18 Å². The van der Waals surface area contributed by atoms with Gasteiger partial charge in [0.1, 0.15) is 0 Å². The van der Waals surface area contributed by atoms with Crippen molar-refractivity contribution in [3.8, 4) is 0 Å². The summed E-state index contributed by atoms with van der Waals surface area (Å²) in [5, 5.41) is 7.31. The topological polar surface area (TPSA) is 46.1 Å². The highest BCUT2D eigenvalue weighted by Crippen LogP contribution is 2.38. The minimum absolute atomic E-state index is 0.160. The molecule has 0 bridgehead atoms. The monoisotopic (exact) mass is 335 g/mol. The fourth-order valence-corrected chi connectivity index (χ4v) is 3.10. The Hall–Kier alpha value is -2.44. The lowest BCUT2D eigenvalue weighted by Crippen LogP contribution is -2.38. The zero-order valence-electron chi connectivity index (χ0n) is 12.8. The third-order valence-electron chi connectivity index (χ3n) is 4.32. The number of piperidine rings is 1. The molecule has 4 nitrogen and oxygen atoms in total. The molecule has 1 aliphatic rings. The molecule has 1 amide bonds. The van der Waals surface area contributed by atoms with Crippen molar-refractivity contribution in [2.75, 3.05) is 13.1 Å². The van der Waals surface area contributed by atoms with E-state index in [1.807, 2.05) is 0 Å². The first kappa shape index (κ1) is 16.4. The van der Waals surface area contributed by atoms with Gasteiger partial charge in [-0.05, 0) is 36.5 Å². The van der Waals surface area contributed by atoms with Gasteiger partial charge in [0.2, 0.25) is 0 Å². The molecule has 2 heterocycles. The molecular formula is C17H16F3N3O. The van der Waals surface area contributed by atoms with E-state index in [0.29, 0.717) is 37.1 Å². The maximum atomic E-state index is 13.2. The molecule has 0 aliphatic carbocycles. The number of halogens is 3. The van der Waals surface area contributed by atoms with E-state index in [9.17, 15) is 18.0 Å². The zero-order chi connectivity index (χ0) is 17.2. The van der Waals surface area contributed by atoms with E-state index in [4.69, 9.17) is 0 Å². The van der Waals surface area contributed by atoms with Crippen LogP contribution < -0.4 is 0 Å². The van der Waals surface area contributed by atoms with Crippen molar-refractivity contribution in [1.29, 1.82) is 0 Å². The van der Waals surface area contributed by atoms with E-state index in [2.05, 4.69) is 10.2 Å². The molecule has 0 N–H and O–H groups in total. The summed E-state index contributed by atoms with van der Waals surface area (Å²) in [6, 6.07) is 7.28. The second-order valence-corrected chi connectivity index (χ2v) is 5.78. The lowest BCUT2D eigenvalue weighted by Gasteiger charge is -2.33. The van der Waals surface area contributed by atoms with Crippen LogP contribution in [-0.2, 0) is 6.18 Å². The number of benzene rings is 1. The molecule has 1 aliphatic heterocycles. The van der Waals surface area contributed by atoms with E-state index in [0.717, 1.165) is 6.07 Å². The van der Waals surface area contributed by atoms with Gasteiger partial charge in [-0.15, -0.1) is 0 Å². The number of likely N-dealkylation sites (tertiary alicyclic amines) is 1. The summed E-state index contributed by atoms with van der Waals surface area (Å²) in [4.78, 5) is 14.0. The highest BCUT2D eigenvalue weighted by atomic mass is 19.4. The van der Waals surface area contributed by atoms with Crippen molar-refractivity contribution in [2.24, 2.45) is 0 Å². The van der Waals surface area contributed by atoms with Gasteiger partial charge in [-0.25, -0.2) is 0 Å². The van der Waals surface area contributed by atoms with Crippen LogP contribution in [0.4, 0.5) is 13.2 Å². The van der Waals surface area contributed by atoms with Crippen LogP contribution in [0, 0.1) is 0 Å². The molecular weight excluding hydrogens is 319 g/mol. The van der Waals surface area contributed by atoms with Gasteiger partial charge < -0.3 is 4.90 Å². The first-order chi connectivity index (χ1) is 11.5. The number of carbonyl (C=O) groups excluding carboxylic acids is 1. The largest absolute Gasteiger partial charge is 0.416 e. The number of hydrogen-bond acceptors (Lipinski definition) is 3. The van der Waals surface area contributed by atoms with E-state index in [-0.39, 0.29) is 11.8 Å². The van der Waals surface area contributed by atoms with Crippen LogP contribution in [0.1, 0.15) is 40.2 Å². The van der Waals surface area contributed by atoms with Crippen molar-refractivity contribution in [3.63, 3.8) is 0 Å². The van der Waals surface area contributed by atoms with Crippen LogP contribution in [0.15, 0.2) is 42.7 Å². The lowest BCUT2D eigenvalue weighted by molar-refractivity contribution is -0.138. The summed E-state index contributed by atoms with van der Waals surface area (Å²) < 4.78 is 39.5. The molecule has 0 atom stereocenters. The van der Waals surface area contributed by atoms with Crippen molar-refractivity contribution < 1.29 is 18.0 Å². The van der Waals surface area contributed by atoms with Crippen LogP contribution >= 0.6 is 0 Å². The Bertz CT molecular complexity index is 711. The number of rotatable bonds is 2. The molecule has 0 saturated carbocycles. The molecule has 1 aromatic heterocycles. The van der Waals surface area contributed by atoms with Gasteiger partial charge in [-0.1, -0.05) is 18.2 Å². The second kappa shape index (κ2) is 6.59. The molecule has 3 rings (SSSR count). The van der Waals surface area contributed by atoms with Crippen molar-refractivity contribution in [3.05, 3.63) is 59.4 Å². The Balaban J connectivity index is 1.71. The predicted molar refractivity (Wildman–Crippen MR) is 81.4 cm³/mol. The Labute approximate surface area is 137 Å². The van der Waals surface area contributed by atoms with Gasteiger partial charge in [0.25, 0.3) is 5.91 Å². The molecule has 2 aromatic rings. The SMILES string of the molecule is O=C(c1ccnnc1)N1CCC(c2ccccc2C(F)(F)F)CC1. The standard InChI is InChI=1S/C17H16F3N3O/c18-17(19,20)15-4-2-1-3-14(15)12-6-9-23(10-7-12)16(24)13-5-8-21-22-11-13/h1-5,8,11-12H,6-7,9-10H2. The van der Waals surface area contributed by atoms with Crippen LogP contribution in [0.5, 0.6) is 0 Å². The summed E-state index contributed by atoms with van der Waals surface area (Å²) in [5.41, 5.74) is 0.190. The highest BCUT2D eigenvalue weighted by Gasteiger charge is 2.36. The molecule has 7 heteroatoms. The third-order valence-corrected chi connectivity index (χ3v) is 4.32. The first-order valence-electron chi connectivity index (χ1n) is 7.69. The minimum atomic E-state index is -4.35. The predicted octanol–water partition coefficient (Wildman–Crippen LogP) is 3.52. The second-order valence-electron chi connectivity index (χ2n) is 5.78. The molecule has 1 aromatic carbocycles. The van der Waals surface area contributed by atoms with Crippen LogP contribution in [0.25, 0.3) is 0 Å². The average Bonchev–Trinajstić information content (AvgIpc) is 2.61. The van der Waals surface area contributed by atoms with E-state index in [1.54, 1.807) is 17.0 Å².